The molecule has 7 heteroatoms. The lowest BCUT2D eigenvalue weighted by atomic mass is 10.1. The molecule has 0 aliphatic rings. The Morgan fingerprint density at radius 3 is 2.56 bits per heavy atom. The zero-order valence-corrected chi connectivity index (χ0v) is 17.5. The van der Waals surface area contributed by atoms with Crippen molar-refractivity contribution in [3.05, 3.63) is 69.0 Å². The molecule has 0 aliphatic carbocycles. The highest BCUT2D eigenvalue weighted by molar-refractivity contribution is 9.10. The van der Waals surface area contributed by atoms with Crippen molar-refractivity contribution in [2.45, 2.75) is 19.4 Å². The molecule has 1 N–H and O–H groups in total. The largest absolute Gasteiger partial charge is 0.358 e. The maximum absolute atomic E-state index is 14.4. The Labute approximate surface area is 171 Å². The summed E-state index contributed by atoms with van der Waals surface area (Å²) >= 11 is 9.46. The third-order valence-corrected chi connectivity index (χ3v) is 5.36. The molecule has 0 radical (unpaired) electrons. The molecule has 0 saturated carbocycles. The zero-order valence-electron chi connectivity index (χ0n) is 15.1. The normalized spacial score (nSPS) is 11.8. The van der Waals surface area contributed by atoms with Crippen molar-refractivity contribution in [2.24, 2.45) is 0 Å². The van der Waals surface area contributed by atoms with Crippen LogP contribution < -0.4 is 0 Å². The summed E-state index contributed by atoms with van der Waals surface area (Å²) in [6, 6.07) is 11.8. The van der Waals surface area contributed by atoms with Gasteiger partial charge in [-0.3, -0.25) is 4.90 Å². The fourth-order valence-corrected chi connectivity index (χ4v) is 4.14. The van der Waals surface area contributed by atoms with Gasteiger partial charge in [0.25, 0.3) is 0 Å². The van der Waals surface area contributed by atoms with Crippen molar-refractivity contribution in [2.75, 3.05) is 20.8 Å². The van der Waals surface area contributed by atoms with Gasteiger partial charge >= 0.3 is 0 Å². The van der Waals surface area contributed by atoms with Crippen molar-refractivity contribution in [1.29, 1.82) is 0 Å². The predicted molar refractivity (Wildman–Crippen MR) is 109 cm³/mol. The number of rotatable bonds is 8. The third-order valence-electron chi connectivity index (χ3n) is 4.46. The van der Waals surface area contributed by atoms with Crippen LogP contribution in [-0.4, -0.2) is 36.9 Å². The van der Waals surface area contributed by atoms with Crippen molar-refractivity contribution < 1.29 is 13.9 Å². The highest BCUT2D eigenvalue weighted by Crippen LogP contribution is 2.34. The molecule has 0 atom stereocenters. The van der Waals surface area contributed by atoms with Gasteiger partial charge in [-0.25, -0.2) is 4.39 Å². The summed E-state index contributed by atoms with van der Waals surface area (Å²) in [5.74, 6) is -0.442. The third kappa shape index (κ3) is 4.70. The summed E-state index contributed by atoms with van der Waals surface area (Å²) in [5, 5.41) is 0.879. The minimum absolute atomic E-state index is 0.0859. The Morgan fingerprint density at radius 2 is 1.89 bits per heavy atom. The molecule has 0 unspecified atom stereocenters. The SMILES string of the molecule is COC(CN(Cc1ccccc1)Cc1c[nH]c2c(F)c(Cl)cc(Br)c12)OC. The van der Waals surface area contributed by atoms with E-state index in [2.05, 4.69) is 37.9 Å². The van der Waals surface area contributed by atoms with Gasteiger partial charge in [-0.05, 0) is 17.2 Å². The summed E-state index contributed by atoms with van der Waals surface area (Å²) in [4.78, 5) is 5.21. The van der Waals surface area contributed by atoms with E-state index in [1.54, 1.807) is 20.3 Å². The molecule has 27 heavy (non-hydrogen) atoms. The van der Waals surface area contributed by atoms with Crippen LogP contribution in [0.25, 0.3) is 10.9 Å². The van der Waals surface area contributed by atoms with Gasteiger partial charge in [-0.1, -0.05) is 57.9 Å². The molecule has 0 saturated heterocycles. The highest BCUT2D eigenvalue weighted by Gasteiger charge is 2.19. The van der Waals surface area contributed by atoms with Crippen LogP contribution in [-0.2, 0) is 22.6 Å². The summed E-state index contributed by atoms with van der Waals surface area (Å²) in [6.45, 7) is 1.88. The number of nitrogens with one attached hydrogen (secondary N) is 1. The number of nitrogens with zero attached hydrogens (tertiary/aromatic N) is 1. The average molecular weight is 456 g/mol. The lowest BCUT2D eigenvalue weighted by molar-refractivity contribution is -0.118. The van der Waals surface area contributed by atoms with Crippen molar-refractivity contribution in [3.8, 4) is 0 Å². The standard InChI is InChI=1S/C20H21BrClFN2O2/c1-26-17(27-2)12-25(10-13-6-4-3-5-7-13)11-14-9-24-20-18(14)15(21)8-16(22)19(20)23/h3-9,17,24H,10-12H2,1-2H3. The summed E-state index contributed by atoms with van der Waals surface area (Å²) in [5.41, 5.74) is 2.55. The number of ether oxygens (including phenoxy) is 2. The van der Waals surface area contributed by atoms with Gasteiger partial charge in [0.05, 0.1) is 17.1 Å². The van der Waals surface area contributed by atoms with E-state index in [1.165, 1.54) is 5.56 Å². The molecular weight excluding hydrogens is 435 g/mol. The van der Waals surface area contributed by atoms with Crippen LogP contribution in [0.15, 0.2) is 47.1 Å². The maximum Gasteiger partial charge on any atom is 0.169 e. The van der Waals surface area contributed by atoms with Crippen LogP contribution in [0, 0.1) is 5.82 Å². The number of hydrogen-bond donors (Lipinski definition) is 1. The van der Waals surface area contributed by atoms with Crippen LogP contribution >= 0.6 is 27.5 Å². The lowest BCUT2D eigenvalue weighted by Crippen LogP contribution is -2.33. The van der Waals surface area contributed by atoms with E-state index in [1.807, 2.05) is 24.4 Å². The van der Waals surface area contributed by atoms with Crippen molar-refractivity contribution in [1.82, 2.24) is 9.88 Å². The number of methoxy groups -OCH3 is 2. The second-order valence-electron chi connectivity index (χ2n) is 6.27. The Balaban J connectivity index is 1.91. The number of hydrogen-bond acceptors (Lipinski definition) is 3. The number of fused-ring (bicyclic) bond motifs is 1. The van der Waals surface area contributed by atoms with Gasteiger partial charge in [0, 0.05) is 43.4 Å². The van der Waals surface area contributed by atoms with E-state index in [4.69, 9.17) is 21.1 Å². The average Bonchev–Trinajstić information content (AvgIpc) is 3.09. The Hall–Kier alpha value is -1.44. The monoisotopic (exact) mass is 454 g/mol. The first-order chi connectivity index (χ1) is 13.0. The molecule has 0 amide bonds. The lowest BCUT2D eigenvalue weighted by Gasteiger charge is -2.26. The molecule has 4 nitrogen and oxygen atoms in total. The molecule has 0 fully saturated rings. The van der Waals surface area contributed by atoms with Gasteiger partial charge in [0.1, 0.15) is 0 Å². The first-order valence-corrected chi connectivity index (χ1v) is 9.66. The molecule has 3 rings (SSSR count). The molecule has 0 bridgehead atoms. The second-order valence-corrected chi connectivity index (χ2v) is 7.54. The van der Waals surface area contributed by atoms with Gasteiger partial charge in [-0.15, -0.1) is 0 Å². The Bertz CT molecular complexity index is 900. The van der Waals surface area contributed by atoms with E-state index in [0.717, 1.165) is 15.4 Å². The maximum atomic E-state index is 14.4. The molecule has 2 aromatic carbocycles. The summed E-state index contributed by atoms with van der Waals surface area (Å²) in [7, 11) is 3.24. The predicted octanol–water partition coefficient (Wildman–Crippen LogP) is 5.34. The fourth-order valence-electron chi connectivity index (χ4n) is 3.12. The summed E-state index contributed by atoms with van der Waals surface area (Å²) < 4.78 is 25.9. The van der Waals surface area contributed by atoms with Crippen molar-refractivity contribution >= 4 is 38.4 Å². The Morgan fingerprint density at radius 1 is 1.19 bits per heavy atom. The number of aromatic amines is 1. The molecule has 0 spiro atoms. The molecular formula is C20H21BrClFN2O2. The highest BCUT2D eigenvalue weighted by atomic mass is 79.9. The van der Waals surface area contributed by atoms with Crippen LogP contribution in [0.5, 0.6) is 0 Å². The topological polar surface area (TPSA) is 37.5 Å². The van der Waals surface area contributed by atoms with E-state index in [9.17, 15) is 4.39 Å². The zero-order chi connectivity index (χ0) is 19.4. The molecule has 144 valence electrons. The van der Waals surface area contributed by atoms with Crippen LogP contribution in [0.3, 0.4) is 0 Å². The summed E-state index contributed by atoms with van der Waals surface area (Å²) in [6.07, 6.45) is 1.47. The first kappa shape index (κ1) is 20.3. The Kier molecular flexibility index (Phi) is 6.89. The number of H-pyrrole nitrogens is 1. The molecule has 1 aromatic heterocycles. The minimum Gasteiger partial charge on any atom is -0.358 e. The van der Waals surface area contributed by atoms with Crippen LogP contribution in [0.2, 0.25) is 5.02 Å². The number of halogens is 3. The molecule has 0 aliphatic heterocycles. The smallest absolute Gasteiger partial charge is 0.169 e. The quantitative estimate of drug-likeness (QED) is 0.368. The van der Waals surface area contributed by atoms with E-state index in [-0.39, 0.29) is 11.3 Å². The van der Waals surface area contributed by atoms with E-state index >= 15 is 0 Å². The van der Waals surface area contributed by atoms with Gasteiger partial charge < -0.3 is 14.5 Å². The molecule has 1 heterocycles. The van der Waals surface area contributed by atoms with Crippen LogP contribution in [0.4, 0.5) is 4.39 Å². The number of aromatic nitrogens is 1. The molecule has 3 aromatic rings. The van der Waals surface area contributed by atoms with Gasteiger partial charge in [0.15, 0.2) is 12.1 Å². The van der Waals surface area contributed by atoms with Crippen LogP contribution in [0.1, 0.15) is 11.1 Å². The van der Waals surface area contributed by atoms with Gasteiger partial charge in [0.2, 0.25) is 0 Å². The van der Waals surface area contributed by atoms with Gasteiger partial charge in [-0.2, -0.15) is 0 Å². The van der Waals surface area contributed by atoms with Crippen molar-refractivity contribution in [3.63, 3.8) is 0 Å². The minimum atomic E-state index is -0.442. The second kappa shape index (κ2) is 9.17. The van der Waals surface area contributed by atoms with E-state index < -0.39 is 5.82 Å². The number of benzene rings is 2. The fraction of sp³-hybridized carbons (Fsp3) is 0.300. The first-order valence-electron chi connectivity index (χ1n) is 8.48. The van der Waals surface area contributed by atoms with E-state index in [0.29, 0.717) is 25.2 Å².